The Morgan fingerprint density at radius 3 is 2.78 bits per heavy atom. The van der Waals surface area contributed by atoms with Gasteiger partial charge in [0, 0.05) is 13.5 Å². The molecule has 9 nitrogen and oxygen atoms in total. The first-order valence-corrected chi connectivity index (χ1v) is 5.12. The van der Waals surface area contributed by atoms with Crippen molar-refractivity contribution in [3.05, 3.63) is 0 Å². The van der Waals surface area contributed by atoms with E-state index in [9.17, 15) is 19.2 Å². The molecule has 0 aromatic carbocycles. The Labute approximate surface area is 102 Å². The first kappa shape index (κ1) is 13.9. The van der Waals surface area contributed by atoms with Crippen LogP contribution in [-0.4, -0.2) is 53.5 Å². The van der Waals surface area contributed by atoms with Crippen molar-refractivity contribution < 1.29 is 29.1 Å². The van der Waals surface area contributed by atoms with Crippen LogP contribution in [0.5, 0.6) is 0 Å². The number of carbonyl (C=O) groups is 4. The molecule has 1 atom stereocenters. The maximum absolute atomic E-state index is 11.6. The van der Waals surface area contributed by atoms with Gasteiger partial charge in [-0.25, -0.2) is 15.1 Å². The third-order valence-electron chi connectivity index (χ3n) is 2.32. The van der Waals surface area contributed by atoms with Crippen LogP contribution >= 0.6 is 0 Å². The SMILES string of the molecule is CN1C(=O)CCC(NC(=O)NOCC(=O)O)C1=O. The number of amides is 4. The van der Waals surface area contributed by atoms with Crippen LogP contribution in [0.2, 0.25) is 0 Å². The Bertz CT molecular complexity index is 382. The van der Waals surface area contributed by atoms with Crippen molar-refractivity contribution in [1.29, 1.82) is 0 Å². The fourth-order valence-corrected chi connectivity index (χ4v) is 1.40. The predicted molar refractivity (Wildman–Crippen MR) is 56.1 cm³/mol. The molecular formula is C9H13N3O6. The van der Waals surface area contributed by atoms with E-state index in [0.717, 1.165) is 4.90 Å². The minimum Gasteiger partial charge on any atom is -0.479 e. The average molecular weight is 259 g/mol. The predicted octanol–water partition coefficient (Wildman–Crippen LogP) is -1.55. The fraction of sp³-hybridized carbons (Fsp3) is 0.556. The number of likely N-dealkylation sites (N-methyl/N-ethyl adjacent to an activating group) is 1. The van der Waals surface area contributed by atoms with Crippen molar-refractivity contribution in [2.75, 3.05) is 13.7 Å². The van der Waals surface area contributed by atoms with Gasteiger partial charge in [0.2, 0.25) is 5.91 Å². The van der Waals surface area contributed by atoms with Crippen molar-refractivity contribution in [3.8, 4) is 0 Å². The molecule has 0 aliphatic carbocycles. The minimum atomic E-state index is -1.24. The molecule has 1 aliphatic rings. The van der Waals surface area contributed by atoms with E-state index >= 15 is 0 Å². The number of nitrogens with zero attached hydrogens (tertiary/aromatic N) is 1. The van der Waals surface area contributed by atoms with E-state index in [4.69, 9.17) is 5.11 Å². The molecule has 0 spiro atoms. The van der Waals surface area contributed by atoms with Crippen molar-refractivity contribution in [2.24, 2.45) is 0 Å². The van der Waals surface area contributed by atoms with Gasteiger partial charge in [-0.1, -0.05) is 0 Å². The van der Waals surface area contributed by atoms with Crippen molar-refractivity contribution in [1.82, 2.24) is 15.7 Å². The highest BCUT2D eigenvalue weighted by Gasteiger charge is 2.32. The van der Waals surface area contributed by atoms with Crippen LogP contribution in [0.15, 0.2) is 0 Å². The molecule has 9 heteroatoms. The number of hydrogen-bond acceptors (Lipinski definition) is 5. The highest BCUT2D eigenvalue weighted by molar-refractivity contribution is 6.01. The lowest BCUT2D eigenvalue weighted by Crippen LogP contribution is -2.54. The molecule has 1 rings (SSSR count). The third kappa shape index (κ3) is 3.70. The van der Waals surface area contributed by atoms with E-state index < -0.39 is 30.6 Å². The summed E-state index contributed by atoms with van der Waals surface area (Å²) in [4.78, 5) is 49.4. The number of carbonyl (C=O) groups excluding carboxylic acids is 3. The number of rotatable bonds is 4. The van der Waals surface area contributed by atoms with Gasteiger partial charge in [-0.2, -0.15) is 0 Å². The number of likely N-dealkylation sites (tertiary alicyclic amines) is 1. The lowest BCUT2D eigenvalue weighted by Gasteiger charge is -2.27. The lowest BCUT2D eigenvalue weighted by atomic mass is 10.1. The largest absolute Gasteiger partial charge is 0.479 e. The smallest absolute Gasteiger partial charge is 0.339 e. The maximum Gasteiger partial charge on any atom is 0.339 e. The number of carboxylic acids is 1. The first-order chi connectivity index (χ1) is 8.41. The molecular weight excluding hydrogens is 246 g/mol. The molecule has 0 bridgehead atoms. The number of imide groups is 1. The second-order valence-electron chi connectivity index (χ2n) is 3.64. The molecule has 3 N–H and O–H groups in total. The zero-order chi connectivity index (χ0) is 13.7. The number of aliphatic carboxylic acids is 1. The van der Waals surface area contributed by atoms with Crippen molar-refractivity contribution in [3.63, 3.8) is 0 Å². The summed E-state index contributed by atoms with van der Waals surface area (Å²) >= 11 is 0. The molecule has 0 radical (unpaired) electrons. The molecule has 1 fully saturated rings. The van der Waals surface area contributed by atoms with Gasteiger partial charge >= 0.3 is 12.0 Å². The second kappa shape index (κ2) is 5.96. The number of nitrogens with one attached hydrogen (secondary N) is 2. The molecule has 100 valence electrons. The quantitative estimate of drug-likeness (QED) is 0.414. The highest BCUT2D eigenvalue weighted by atomic mass is 16.7. The number of piperidine rings is 1. The lowest BCUT2D eigenvalue weighted by molar-refractivity contribution is -0.148. The summed E-state index contributed by atoms with van der Waals surface area (Å²) in [5, 5.41) is 10.5. The number of urea groups is 1. The molecule has 1 heterocycles. The van der Waals surface area contributed by atoms with Crippen LogP contribution in [0.25, 0.3) is 0 Å². The summed E-state index contributed by atoms with van der Waals surface area (Å²) in [6.07, 6.45) is 0.359. The van der Waals surface area contributed by atoms with E-state index in [1.165, 1.54) is 7.05 Å². The van der Waals surface area contributed by atoms with Gasteiger partial charge < -0.3 is 10.4 Å². The Hall–Kier alpha value is -2.16. The molecule has 0 aromatic rings. The average Bonchev–Trinajstić information content (AvgIpc) is 2.29. The summed E-state index contributed by atoms with van der Waals surface area (Å²) in [5.41, 5.74) is 1.82. The van der Waals surface area contributed by atoms with Gasteiger partial charge in [-0.15, -0.1) is 0 Å². The number of hydroxylamine groups is 1. The summed E-state index contributed by atoms with van der Waals surface area (Å²) in [5.74, 6) is -2.06. The number of carboxylic acid groups (broad SMARTS) is 1. The van der Waals surface area contributed by atoms with Crippen LogP contribution in [0, 0.1) is 0 Å². The van der Waals surface area contributed by atoms with Crippen LogP contribution in [0.1, 0.15) is 12.8 Å². The molecule has 0 aromatic heterocycles. The zero-order valence-corrected chi connectivity index (χ0v) is 9.63. The zero-order valence-electron chi connectivity index (χ0n) is 9.63. The van der Waals surface area contributed by atoms with Gasteiger partial charge in [-0.05, 0) is 6.42 Å². The third-order valence-corrected chi connectivity index (χ3v) is 2.32. The fourth-order valence-electron chi connectivity index (χ4n) is 1.40. The number of hydrogen-bond donors (Lipinski definition) is 3. The molecule has 1 aliphatic heterocycles. The highest BCUT2D eigenvalue weighted by Crippen LogP contribution is 2.10. The summed E-state index contributed by atoms with van der Waals surface area (Å²) in [6, 6.07) is -1.65. The van der Waals surface area contributed by atoms with Gasteiger partial charge in [0.05, 0.1) is 0 Å². The second-order valence-corrected chi connectivity index (χ2v) is 3.64. The molecule has 4 amide bonds. The van der Waals surface area contributed by atoms with Gasteiger partial charge in [0.15, 0.2) is 6.61 Å². The van der Waals surface area contributed by atoms with E-state index in [-0.39, 0.29) is 18.7 Å². The first-order valence-electron chi connectivity index (χ1n) is 5.12. The molecule has 1 saturated heterocycles. The standard InChI is InChI=1S/C9H13N3O6/c1-12-6(13)3-2-5(8(12)16)10-9(17)11-18-4-7(14)15/h5H,2-4H2,1H3,(H,14,15)(H2,10,11,17). The van der Waals surface area contributed by atoms with Crippen molar-refractivity contribution in [2.45, 2.75) is 18.9 Å². The Balaban J connectivity index is 2.38. The minimum absolute atomic E-state index is 0.156. The summed E-state index contributed by atoms with van der Waals surface area (Å²) in [7, 11) is 1.33. The van der Waals surface area contributed by atoms with Crippen LogP contribution in [-0.2, 0) is 19.2 Å². The van der Waals surface area contributed by atoms with E-state index in [2.05, 4.69) is 10.2 Å². The van der Waals surface area contributed by atoms with Gasteiger partial charge in [-0.3, -0.25) is 19.3 Å². The van der Waals surface area contributed by atoms with Gasteiger partial charge in [0.1, 0.15) is 6.04 Å². The molecule has 0 saturated carbocycles. The van der Waals surface area contributed by atoms with Crippen molar-refractivity contribution >= 4 is 23.8 Å². The van der Waals surface area contributed by atoms with Crippen LogP contribution < -0.4 is 10.8 Å². The molecule has 18 heavy (non-hydrogen) atoms. The summed E-state index contributed by atoms with van der Waals surface area (Å²) < 4.78 is 0. The maximum atomic E-state index is 11.6. The van der Waals surface area contributed by atoms with E-state index in [0.29, 0.717) is 0 Å². The van der Waals surface area contributed by atoms with E-state index in [1.807, 2.05) is 5.48 Å². The van der Waals surface area contributed by atoms with Crippen LogP contribution in [0.4, 0.5) is 4.79 Å². The topological polar surface area (TPSA) is 125 Å². The monoisotopic (exact) mass is 259 g/mol. The Morgan fingerprint density at radius 1 is 1.50 bits per heavy atom. The van der Waals surface area contributed by atoms with E-state index in [1.54, 1.807) is 0 Å². The Morgan fingerprint density at radius 2 is 2.17 bits per heavy atom. The summed E-state index contributed by atoms with van der Waals surface area (Å²) in [6.45, 7) is -0.690. The van der Waals surface area contributed by atoms with Crippen LogP contribution in [0.3, 0.4) is 0 Å². The normalized spacial score (nSPS) is 19.6. The van der Waals surface area contributed by atoms with Gasteiger partial charge in [0.25, 0.3) is 5.91 Å². The molecule has 1 unspecified atom stereocenters. The Kier molecular flexibility index (Phi) is 4.60.